The first-order valence-electron chi connectivity index (χ1n) is 8.47. The van der Waals surface area contributed by atoms with Gasteiger partial charge in [-0.05, 0) is 38.6 Å². The fourth-order valence-electron chi connectivity index (χ4n) is 2.90. The quantitative estimate of drug-likeness (QED) is 0.752. The molecule has 0 saturated heterocycles. The van der Waals surface area contributed by atoms with E-state index >= 15 is 0 Å². The van der Waals surface area contributed by atoms with Crippen molar-refractivity contribution < 1.29 is 14.3 Å². The summed E-state index contributed by atoms with van der Waals surface area (Å²) in [6.45, 7) is 7.63. The first kappa shape index (κ1) is 18.2. The van der Waals surface area contributed by atoms with E-state index in [4.69, 9.17) is 4.42 Å². The van der Waals surface area contributed by atoms with Crippen LogP contribution in [0.2, 0.25) is 0 Å². The van der Waals surface area contributed by atoms with Crippen LogP contribution in [0.25, 0.3) is 11.0 Å². The van der Waals surface area contributed by atoms with Crippen LogP contribution in [0.15, 0.2) is 33.5 Å². The van der Waals surface area contributed by atoms with Crippen LogP contribution in [0.5, 0.6) is 5.75 Å². The monoisotopic (exact) mass is 331 g/mol. The van der Waals surface area contributed by atoms with Crippen LogP contribution in [0.3, 0.4) is 0 Å². The summed E-state index contributed by atoms with van der Waals surface area (Å²) in [7, 11) is 0. The summed E-state index contributed by atoms with van der Waals surface area (Å²) in [5.74, 6) is -0.987. The molecule has 1 N–H and O–H groups in total. The number of nitrogens with zero attached hydrogens (tertiary/aromatic N) is 1. The highest BCUT2D eigenvalue weighted by atomic mass is 16.4. The minimum Gasteiger partial charge on any atom is -0.507 e. The summed E-state index contributed by atoms with van der Waals surface area (Å²) < 4.78 is 5.31. The second-order valence-electron chi connectivity index (χ2n) is 6.06. The SMILES string of the molecule is CCCCN(CC)C[C@@H](C(C)=O)c1c(O)c2ccccc2oc1=O. The first-order chi connectivity index (χ1) is 11.5. The van der Waals surface area contributed by atoms with Gasteiger partial charge in [-0.2, -0.15) is 0 Å². The first-order valence-corrected chi connectivity index (χ1v) is 8.47. The van der Waals surface area contributed by atoms with Gasteiger partial charge in [0.15, 0.2) is 0 Å². The van der Waals surface area contributed by atoms with Crippen molar-refractivity contribution >= 4 is 16.8 Å². The van der Waals surface area contributed by atoms with Crippen LogP contribution in [0.4, 0.5) is 0 Å². The molecule has 0 aliphatic carbocycles. The lowest BCUT2D eigenvalue weighted by molar-refractivity contribution is -0.119. The molecule has 5 nitrogen and oxygen atoms in total. The number of fused-ring (bicyclic) bond motifs is 1. The molecule has 0 fully saturated rings. The molecule has 1 atom stereocenters. The van der Waals surface area contributed by atoms with Gasteiger partial charge in [-0.3, -0.25) is 4.79 Å². The molecule has 24 heavy (non-hydrogen) atoms. The number of aromatic hydroxyl groups is 1. The molecule has 2 aromatic rings. The van der Waals surface area contributed by atoms with E-state index in [0.29, 0.717) is 17.5 Å². The average molecular weight is 331 g/mol. The minimum absolute atomic E-state index is 0.0659. The number of hydrogen-bond acceptors (Lipinski definition) is 5. The molecular weight excluding hydrogens is 306 g/mol. The van der Waals surface area contributed by atoms with Crippen molar-refractivity contribution in [1.29, 1.82) is 0 Å². The molecule has 0 aliphatic rings. The number of para-hydroxylation sites is 1. The van der Waals surface area contributed by atoms with E-state index in [9.17, 15) is 14.7 Å². The Morgan fingerprint density at radius 3 is 2.62 bits per heavy atom. The van der Waals surface area contributed by atoms with E-state index in [-0.39, 0.29) is 17.1 Å². The van der Waals surface area contributed by atoms with Gasteiger partial charge in [0.05, 0.1) is 16.9 Å². The van der Waals surface area contributed by atoms with Crippen molar-refractivity contribution in [3.8, 4) is 5.75 Å². The third-order valence-corrected chi connectivity index (χ3v) is 4.37. The molecule has 0 spiro atoms. The lowest BCUT2D eigenvalue weighted by Crippen LogP contribution is -2.34. The van der Waals surface area contributed by atoms with Crippen LogP contribution in [0, 0.1) is 0 Å². The Morgan fingerprint density at radius 2 is 2.00 bits per heavy atom. The maximum Gasteiger partial charge on any atom is 0.344 e. The van der Waals surface area contributed by atoms with Gasteiger partial charge in [0.1, 0.15) is 17.1 Å². The van der Waals surface area contributed by atoms with E-state index in [0.717, 1.165) is 25.9 Å². The van der Waals surface area contributed by atoms with Gasteiger partial charge in [-0.15, -0.1) is 0 Å². The fourth-order valence-corrected chi connectivity index (χ4v) is 2.90. The molecule has 0 saturated carbocycles. The Bertz CT molecular complexity index is 766. The second-order valence-corrected chi connectivity index (χ2v) is 6.06. The van der Waals surface area contributed by atoms with Crippen molar-refractivity contribution in [1.82, 2.24) is 4.90 Å². The lowest BCUT2D eigenvalue weighted by Gasteiger charge is -2.25. The van der Waals surface area contributed by atoms with Gasteiger partial charge in [0.2, 0.25) is 0 Å². The van der Waals surface area contributed by atoms with Crippen molar-refractivity contribution in [3.05, 3.63) is 40.2 Å². The zero-order valence-corrected chi connectivity index (χ0v) is 14.5. The Hall–Kier alpha value is -2.14. The van der Waals surface area contributed by atoms with Gasteiger partial charge in [-0.25, -0.2) is 4.79 Å². The number of Topliss-reactive ketones (excluding diaryl/α,β-unsaturated/α-hetero) is 1. The fraction of sp³-hybridized carbons (Fsp3) is 0.474. The highest BCUT2D eigenvalue weighted by Gasteiger charge is 2.28. The maximum atomic E-state index is 12.4. The van der Waals surface area contributed by atoms with Crippen molar-refractivity contribution in [2.24, 2.45) is 0 Å². The van der Waals surface area contributed by atoms with Crippen molar-refractivity contribution in [2.75, 3.05) is 19.6 Å². The lowest BCUT2D eigenvalue weighted by atomic mass is 9.94. The zero-order valence-electron chi connectivity index (χ0n) is 14.5. The van der Waals surface area contributed by atoms with Crippen LogP contribution in [0.1, 0.15) is 45.1 Å². The molecule has 130 valence electrons. The number of likely N-dealkylation sites (N-methyl/N-ethyl adjacent to an activating group) is 1. The molecule has 0 unspecified atom stereocenters. The third-order valence-electron chi connectivity index (χ3n) is 4.37. The van der Waals surface area contributed by atoms with E-state index < -0.39 is 11.5 Å². The maximum absolute atomic E-state index is 12.4. The predicted molar refractivity (Wildman–Crippen MR) is 94.6 cm³/mol. The van der Waals surface area contributed by atoms with Crippen molar-refractivity contribution in [3.63, 3.8) is 0 Å². The number of hydrogen-bond donors (Lipinski definition) is 1. The Balaban J connectivity index is 2.46. The zero-order chi connectivity index (χ0) is 17.7. The molecular formula is C19H25NO4. The predicted octanol–water partition coefficient (Wildman–Crippen LogP) is 3.29. The summed E-state index contributed by atoms with van der Waals surface area (Å²) >= 11 is 0. The normalized spacial score (nSPS) is 12.7. The number of unbranched alkanes of at least 4 members (excludes halogenated alkanes) is 1. The topological polar surface area (TPSA) is 70.8 Å². The molecule has 1 aromatic carbocycles. The van der Waals surface area contributed by atoms with Crippen molar-refractivity contribution in [2.45, 2.75) is 39.5 Å². The molecule has 0 radical (unpaired) electrons. The molecule has 0 bridgehead atoms. The van der Waals surface area contributed by atoms with Gasteiger partial charge in [0.25, 0.3) is 0 Å². The summed E-state index contributed by atoms with van der Waals surface area (Å²) in [5, 5.41) is 11.0. The third kappa shape index (κ3) is 3.85. The number of ketones is 1. The van der Waals surface area contributed by atoms with Gasteiger partial charge < -0.3 is 14.4 Å². The second kappa shape index (κ2) is 8.11. The van der Waals surface area contributed by atoms with Gasteiger partial charge in [0, 0.05) is 6.54 Å². The summed E-state index contributed by atoms with van der Waals surface area (Å²) in [6.07, 6.45) is 2.08. The van der Waals surface area contributed by atoms with Crippen LogP contribution < -0.4 is 5.63 Å². The summed E-state index contributed by atoms with van der Waals surface area (Å²) in [4.78, 5) is 26.7. The molecule has 2 rings (SSSR count). The van der Waals surface area contributed by atoms with Crippen LogP contribution >= 0.6 is 0 Å². The van der Waals surface area contributed by atoms with E-state index in [1.165, 1.54) is 6.92 Å². The van der Waals surface area contributed by atoms with Crippen LogP contribution in [-0.4, -0.2) is 35.4 Å². The van der Waals surface area contributed by atoms with Gasteiger partial charge in [-0.1, -0.05) is 32.4 Å². The Labute approximate surface area is 141 Å². The Kier molecular flexibility index (Phi) is 6.15. The molecule has 1 aromatic heterocycles. The summed E-state index contributed by atoms with van der Waals surface area (Å²) in [6, 6.07) is 6.80. The number of rotatable bonds is 8. The van der Waals surface area contributed by atoms with E-state index in [1.807, 2.05) is 6.92 Å². The molecule has 0 amide bonds. The highest BCUT2D eigenvalue weighted by molar-refractivity contribution is 5.89. The highest BCUT2D eigenvalue weighted by Crippen LogP contribution is 2.31. The largest absolute Gasteiger partial charge is 0.507 e. The average Bonchev–Trinajstić information content (AvgIpc) is 2.56. The van der Waals surface area contributed by atoms with Gasteiger partial charge >= 0.3 is 5.63 Å². The number of carbonyl (C=O) groups excluding carboxylic acids is 1. The summed E-state index contributed by atoms with van der Waals surface area (Å²) in [5.41, 5.74) is -0.251. The van der Waals surface area contributed by atoms with E-state index in [1.54, 1.807) is 24.3 Å². The number of benzene rings is 1. The molecule has 0 aliphatic heterocycles. The van der Waals surface area contributed by atoms with Crippen LogP contribution in [-0.2, 0) is 4.79 Å². The minimum atomic E-state index is -0.692. The molecule has 1 heterocycles. The standard InChI is InChI=1S/C19H25NO4/c1-4-6-11-20(5-2)12-15(13(3)21)17-18(22)14-9-7-8-10-16(14)24-19(17)23/h7-10,15,22H,4-6,11-12H2,1-3H3/t15-/m0/s1. The number of carbonyl (C=O) groups is 1. The Morgan fingerprint density at radius 1 is 1.29 bits per heavy atom. The van der Waals surface area contributed by atoms with E-state index in [2.05, 4.69) is 11.8 Å². The smallest absolute Gasteiger partial charge is 0.344 e. The molecule has 5 heteroatoms.